The van der Waals surface area contributed by atoms with Crippen LogP contribution in [0.15, 0.2) is 18.2 Å². The summed E-state index contributed by atoms with van der Waals surface area (Å²) in [5, 5.41) is 8.56. The third-order valence-corrected chi connectivity index (χ3v) is 4.24. The molecule has 1 aliphatic rings. The third kappa shape index (κ3) is 2.78. The molecule has 0 bridgehead atoms. The van der Waals surface area contributed by atoms with E-state index in [2.05, 4.69) is 35.3 Å². The first-order valence-electron chi connectivity index (χ1n) is 7.38. The van der Waals surface area contributed by atoms with Gasteiger partial charge < -0.3 is 15.0 Å². The van der Waals surface area contributed by atoms with Gasteiger partial charge in [0.15, 0.2) is 5.82 Å². The summed E-state index contributed by atoms with van der Waals surface area (Å²) >= 11 is 0. The number of hydrogen-bond acceptors (Lipinski definition) is 4. The molecule has 1 fully saturated rings. The zero-order chi connectivity index (χ0) is 15.0. The number of aryl methyl sites for hydroxylation is 2. The number of nitrogens with zero attached hydrogens (tertiary/aromatic N) is 3. The lowest BCUT2D eigenvalue weighted by molar-refractivity contribution is 0.286. The van der Waals surface area contributed by atoms with Crippen LogP contribution in [-0.4, -0.2) is 20.8 Å². The minimum absolute atomic E-state index is 0.321. The molecule has 0 atom stereocenters. The number of nitrogens with two attached hydrogens (primary N) is 1. The van der Waals surface area contributed by atoms with Crippen LogP contribution in [0.5, 0.6) is 5.75 Å². The van der Waals surface area contributed by atoms with Crippen LogP contribution in [0.3, 0.4) is 0 Å². The second kappa shape index (κ2) is 5.48. The SMILES string of the molecule is Cc1ccc(C)c(OCc2nnc(C3CC(N)C3)n2C)c1. The van der Waals surface area contributed by atoms with Crippen LogP contribution >= 0.6 is 0 Å². The molecule has 0 amide bonds. The monoisotopic (exact) mass is 286 g/mol. The highest BCUT2D eigenvalue weighted by Gasteiger charge is 2.31. The molecule has 1 saturated carbocycles. The maximum atomic E-state index is 5.90. The van der Waals surface area contributed by atoms with E-state index in [4.69, 9.17) is 10.5 Å². The summed E-state index contributed by atoms with van der Waals surface area (Å²) in [6.07, 6.45) is 2.01. The van der Waals surface area contributed by atoms with E-state index in [0.717, 1.165) is 35.8 Å². The summed E-state index contributed by atoms with van der Waals surface area (Å²) in [5.41, 5.74) is 8.17. The molecular formula is C16H22N4O. The fraction of sp³-hybridized carbons (Fsp3) is 0.500. The summed E-state index contributed by atoms with van der Waals surface area (Å²) in [4.78, 5) is 0. The van der Waals surface area contributed by atoms with Gasteiger partial charge in [0.05, 0.1) is 0 Å². The largest absolute Gasteiger partial charge is 0.485 e. The molecule has 1 aromatic heterocycles. The van der Waals surface area contributed by atoms with Crippen molar-refractivity contribution in [2.75, 3.05) is 0 Å². The number of rotatable bonds is 4. The number of hydrogen-bond donors (Lipinski definition) is 1. The van der Waals surface area contributed by atoms with Gasteiger partial charge in [0.2, 0.25) is 0 Å². The van der Waals surface area contributed by atoms with E-state index in [0.29, 0.717) is 18.6 Å². The summed E-state index contributed by atoms with van der Waals surface area (Å²) in [6, 6.07) is 6.53. The molecule has 1 aromatic carbocycles. The van der Waals surface area contributed by atoms with Gasteiger partial charge >= 0.3 is 0 Å². The second-order valence-electron chi connectivity index (χ2n) is 6.02. The fourth-order valence-electron chi connectivity index (χ4n) is 2.73. The highest BCUT2D eigenvalue weighted by molar-refractivity contribution is 5.36. The lowest BCUT2D eigenvalue weighted by Gasteiger charge is -2.31. The molecule has 0 saturated heterocycles. The van der Waals surface area contributed by atoms with Crippen LogP contribution in [0, 0.1) is 13.8 Å². The average molecular weight is 286 g/mol. The van der Waals surface area contributed by atoms with Gasteiger partial charge in [-0.25, -0.2) is 0 Å². The second-order valence-corrected chi connectivity index (χ2v) is 6.02. The van der Waals surface area contributed by atoms with Crippen molar-refractivity contribution >= 4 is 0 Å². The van der Waals surface area contributed by atoms with Crippen molar-refractivity contribution in [1.82, 2.24) is 14.8 Å². The van der Waals surface area contributed by atoms with Crippen molar-refractivity contribution in [3.63, 3.8) is 0 Å². The van der Waals surface area contributed by atoms with Gasteiger partial charge in [-0.3, -0.25) is 0 Å². The van der Waals surface area contributed by atoms with Crippen molar-refractivity contribution in [2.24, 2.45) is 12.8 Å². The summed E-state index contributed by atoms with van der Waals surface area (Å²) in [6.45, 7) is 4.55. The molecular weight excluding hydrogens is 264 g/mol. The fourth-order valence-corrected chi connectivity index (χ4v) is 2.73. The first kappa shape index (κ1) is 14.1. The van der Waals surface area contributed by atoms with E-state index in [1.165, 1.54) is 5.56 Å². The van der Waals surface area contributed by atoms with E-state index in [-0.39, 0.29) is 0 Å². The Morgan fingerprint density at radius 2 is 2.05 bits per heavy atom. The quantitative estimate of drug-likeness (QED) is 0.936. The minimum Gasteiger partial charge on any atom is -0.485 e. The smallest absolute Gasteiger partial charge is 0.170 e. The number of benzene rings is 1. The van der Waals surface area contributed by atoms with Gasteiger partial charge in [-0.2, -0.15) is 0 Å². The van der Waals surface area contributed by atoms with Crippen molar-refractivity contribution < 1.29 is 4.74 Å². The first-order chi connectivity index (χ1) is 10.0. The van der Waals surface area contributed by atoms with E-state index in [1.807, 2.05) is 18.5 Å². The van der Waals surface area contributed by atoms with E-state index < -0.39 is 0 Å². The van der Waals surface area contributed by atoms with Gasteiger partial charge in [0.25, 0.3) is 0 Å². The predicted octanol–water partition coefficient (Wildman–Crippen LogP) is 2.22. The molecule has 2 aromatic rings. The summed E-state index contributed by atoms with van der Waals surface area (Å²) in [7, 11) is 2.00. The molecule has 5 nitrogen and oxygen atoms in total. The molecule has 1 heterocycles. The molecule has 2 N–H and O–H groups in total. The van der Waals surface area contributed by atoms with Crippen molar-refractivity contribution in [1.29, 1.82) is 0 Å². The minimum atomic E-state index is 0.321. The van der Waals surface area contributed by atoms with Gasteiger partial charge in [-0.05, 0) is 43.9 Å². The van der Waals surface area contributed by atoms with E-state index in [1.54, 1.807) is 0 Å². The Balaban J connectivity index is 1.69. The van der Waals surface area contributed by atoms with Crippen LogP contribution in [0.25, 0.3) is 0 Å². The molecule has 5 heteroatoms. The Labute approximate surface area is 125 Å². The third-order valence-electron chi connectivity index (χ3n) is 4.24. The van der Waals surface area contributed by atoms with Crippen LogP contribution in [0.1, 0.15) is 41.5 Å². The number of aromatic nitrogens is 3. The van der Waals surface area contributed by atoms with Gasteiger partial charge in [0, 0.05) is 19.0 Å². The molecule has 3 rings (SSSR count). The van der Waals surface area contributed by atoms with Gasteiger partial charge in [-0.1, -0.05) is 12.1 Å². The lowest BCUT2D eigenvalue weighted by Crippen LogP contribution is -2.36. The number of ether oxygens (including phenoxy) is 1. The average Bonchev–Trinajstić information content (AvgIpc) is 2.77. The molecule has 21 heavy (non-hydrogen) atoms. The van der Waals surface area contributed by atoms with E-state index in [9.17, 15) is 0 Å². The standard InChI is InChI=1S/C16H22N4O/c1-10-4-5-11(2)14(6-10)21-9-15-18-19-16(20(15)3)12-7-13(17)8-12/h4-6,12-13H,7-9,17H2,1-3H3. The van der Waals surface area contributed by atoms with Crippen molar-refractivity contribution in [3.8, 4) is 5.75 Å². The van der Waals surface area contributed by atoms with Crippen LogP contribution in [-0.2, 0) is 13.7 Å². The van der Waals surface area contributed by atoms with Crippen LogP contribution in [0.4, 0.5) is 0 Å². The topological polar surface area (TPSA) is 66.0 Å². The van der Waals surface area contributed by atoms with Gasteiger partial charge in [-0.15, -0.1) is 10.2 Å². The van der Waals surface area contributed by atoms with Crippen LogP contribution in [0.2, 0.25) is 0 Å². The normalized spacial score (nSPS) is 21.1. The molecule has 0 aliphatic heterocycles. The zero-order valence-electron chi connectivity index (χ0n) is 12.8. The molecule has 0 radical (unpaired) electrons. The molecule has 0 unspecified atom stereocenters. The van der Waals surface area contributed by atoms with Crippen LogP contribution < -0.4 is 10.5 Å². The Morgan fingerprint density at radius 1 is 1.29 bits per heavy atom. The van der Waals surface area contributed by atoms with E-state index >= 15 is 0 Å². The molecule has 0 spiro atoms. The zero-order valence-corrected chi connectivity index (χ0v) is 12.8. The maximum absolute atomic E-state index is 5.90. The summed E-state index contributed by atoms with van der Waals surface area (Å²) in [5.74, 6) is 3.24. The summed E-state index contributed by atoms with van der Waals surface area (Å²) < 4.78 is 7.95. The Bertz CT molecular complexity index is 644. The van der Waals surface area contributed by atoms with Crippen molar-refractivity contribution in [3.05, 3.63) is 41.0 Å². The predicted molar refractivity (Wildman–Crippen MR) is 81.2 cm³/mol. The first-order valence-corrected chi connectivity index (χ1v) is 7.38. The lowest BCUT2D eigenvalue weighted by atomic mass is 9.80. The highest BCUT2D eigenvalue weighted by atomic mass is 16.5. The highest BCUT2D eigenvalue weighted by Crippen LogP contribution is 2.34. The molecule has 112 valence electrons. The van der Waals surface area contributed by atoms with Gasteiger partial charge in [0.1, 0.15) is 18.2 Å². The Hall–Kier alpha value is -1.88. The maximum Gasteiger partial charge on any atom is 0.170 e. The Kier molecular flexibility index (Phi) is 3.68. The Morgan fingerprint density at radius 3 is 2.76 bits per heavy atom. The van der Waals surface area contributed by atoms with Crippen molar-refractivity contribution in [2.45, 2.75) is 45.3 Å². The molecule has 1 aliphatic carbocycles.